The van der Waals surface area contributed by atoms with Gasteiger partial charge < -0.3 is 20.5 Å². The molecule has 4 heteroatoms. The van der Waals surface area contributed by atoms with E-state index in [9.17, 15) is 0 Å². The van der Waals surface area contributed by atoms with Gasteiger partial charge in [0.15, 0.2) is 11.5 Å². The summed E-state index contributed by atoms with van der Waals surface area (Å²) in [6.07, 6.45) is 0.848. The molecular weight excluding hydrogens is 300 g/mol. The summed E-state index contributed by atoms with van der Waals surface area (Å²) < 4.78 is 10.3. The number of nitrogens with one attached hydrogen (secondary N) is 1. The molecule has 2 atom stereocenters. The monoisotopic (exact) mass is 330 g/mol. The summed E-state index contributed by atoms with van der Waals surface area (Å²) >= 11 is 0. The normalized spacial score (nSPS) is 12.6. The van der Waals surface area contributed by atoms with Crippen LogP contribution in [0.1, 0.15) is 31.0 Å². The van der Waals surface area contributed by atoms with Crippen LogP contribution in [0.2, 0.25) is 0 Å². The van der Waals surface area contributed by atoms with E-state index in [1.165, 1.54) is 5.56 Å². The Morgan fingerprint density at radius 2 is 1.58 bits per heavy atom. The minimum Gasteiger partial charge on any atom is -0.493 e. The van der Waals surface area contributed by atoms with E-state index in [4.69, 9.17) is 15.2 Å². The maximum absolute atomic E-state index is 5.71. The van der Waals surface area contributed by atoms with Crippen molar-refractivity contribution in [2.75, 3.05) is 21.3 Å². The highest BCUT2D eigenvalue weighted by atomic mass is 16.5. The first kappa shape index (κ1) is 20.0. The number of rotatable bonds is 6. The molecule has 0 aliphatic carbocycles. The van der Waals surface area contributed by atoms with Gasteiger partial charge in [-0.1, -0.05) is 36.4 Å². The summed E-state index contributed by atoms with van der Waals surface area (Å²) in [5, 5.41) is 3.18. The van der Waals surface area contributed by atoms with Crippen LogP contribution >= 0.6 is 0 Å². The van der Waals surface area contributed by atoms with Crippen molar-refractivity contribution in [3.05, 3.63) is 59.7 Å². The highest BCUT2D eigenvalue weighted by Crippen LogP contribution is 2.27. The van der Waals surface area contributed by atoms with Crippen molar-refractivity contribution in [3.63, 3.8) is 0 Å². The Hall–Kier alpha value is -2.04. The van der Waals surface area contributed by atoms with E-state index < -0.39 is 0 Å². The van der Waals surface area contributed by atoms with Crippen molar-refractivity contribution >= 4 is 0 Å². The molecule has 0 amide bonds. The van der Waals surface area contributed by atoms with E-state index in [0.29, 0.717) is 6.04 Å². The Morgan fingerprint density at radius 1 is 0.958 bits per heavy atom. The van der Waals surface area contributed by atoms with Gasteiger partial charge in [0.2, 0.25) is 0 Å². The van der Waals surface area contributed by atoms with Crippen LogP contribution in [0.4, 0.5) is 0 Å². The molecule has 3 N–H and O–H groups in total. The maximum atomic E-state index is 5.71. The van der Waals surface area contributed by atoms with E-state index >= 15 is 0 Å². The Labute approximate surface area is 146 Å². The minimum atomic E-state index is 0.160. The molecule has 0 spiro atoms. The number of ether oxygens (including phenoxy) is 2. The van der Waals surface area contributed by atoms with Crippen molar-refractivity contribution in [1.82, 2.24) is 5.32 Å². The van der Waals surface area contributed by atoms with Crippen molar-refractivity contribution in [1.29, 1.82) is 0 Å². The Bertz CT molecular complexity index is 585. The smallest absolute Gasteiger partial charge is 0.160 e. The summed E-state index contributed by atoms with van der Waals surface area (Å²) in [5.74, 6) is 1.51. The summed E-state index contributed by atoms with van der Waals surface area (Å²) in [5.41, 5.74) is 8.22. The average molecular weight is 330 g/mol. The third kappa shape index (κ3) is 6.60. The van der Waals surface area contributed by atoms with Gasteiger partial charge in [-0.3, -0.25) is 0 Å². The molecular formula is C20H30N2O2. The molecule has 0 aliphatic heterocycles. The van der Waals surface area contributed by atoms with Crippen LogP contribution in [-0.2, 0) is 6.42 Å². The molecule has 0 aliphatic rings. The summed E-state index contributed by atoms with van der Waals surface area (Å²) in [6, 6.07) is 16.9. The third-order valence-electron chi connectivity index (χ3n) is 3.74. The van der Waals surface area contributed by atoms with Gasteiger partial charge in [-0.15, -0.1) is 0 Å². The zero-order chi connectivity index (χ0) is 17.9. The molecule has 2 aromatic rings. The SMILES string of the molecule is CN[C@@H](C)c1ccccc1.COc1ccc(C[C@H](C)N)cc1OC. The molecule has 2 rings (SSSR count). The molecule has 2 aromatic carbocycles. The molecule has 0 fully saturated rings. The van der Waals surface area contributed by atoms with E-state index in [-0.39, 0.29) is 6.04 Å². The first-order valence-corrected chi connectivity index (χ1v) is 8.20. The lowest BCUT2D eigenvalue weighted by Gasteiger charge is -2.10. The lowest BCUT2D eigenvalue weighted by atomic mass is 10.1. The summed E-state index contributed by atoms with van der Waals surface area (Å²) in [6.45, 7) is 4.13. The van der Waals surface area contributed by atoms with Gasteiger partial charge in [-0.05, 0) is 50.6 Å². The Kier molecular flexibility index (Phi) is 8.90. The third-order valence-corrected chi connectivity index (χ3v) is 3.74. The molecule has 24 heavy (non-hydrogen) atoms. The zero-order valence-electron chi connectivity index (χ0n) is 15.4. The first-order chi connectivity index (χ1) is 11.5. The molecule has 0 unspecified atom stereocenters. The fourth-order valence-corrected chi connectivity index (χ4v) is 2.29. The molecule has 4 nitrogen and oxygen atoms in total. The topological polar surface area (TPSA) is 56.5 Å². The van der Waals surface area contributed by atoms with Crippen LogP contribution in [0, 0.1) is 0 Å². The van der Waals surface area contributed by atoms with Crippen LogP contribution in [0.25, 0.3) is 0 Å². The van der Waals surface area contributed by atoms with Gasteiger partial charge >= 0.3 is 0 Å². The van der Waals surface area contributed by atoms with Gasteiger partial charge in [-0.2, -0.15) is 0 Å². The predicted molar refractivity (Wildman–Crippen MR) is 101 cm³/mol. The van der Waals surface area contributed by atoms with E-state index in [0.717, 1.165) is 23.5 Å². The second-order valence-corrected chi connectivity index (χ2v) is 5.79. The minimum absolute atomic E-state index is 0.160. The van der Waals surface area contributed by atoms with Gasteiger partial charge in [0.25, 0.3) is 0 Å². The van der Waals surface area contributed by atoms with Crippen LogP contribution in [-0.4, -0.2) is 27.3 Å². The fraction of sp³-hybridized carbons (Fsp3) is 0.400. The van der Waals surface area contributed by atoms with Gasteiger partial charge in [-0.25, -0.2) is 0 Å². The van der Waals surface area contributed by atoms with Crippen molar-refractivity contribution in [2.24, 2.45) is 5.73 Å². The zero-order valence-corrected chi connectivity index (χ0v) is 15.4. The van der Waals surface area contributed by atoms with Gasteiger partial charge in [0.05, 0.1) is 14.2 Å². The van der Waals surface area contributed by atoms with Crippen LogP contribution in [0.5, 0.6) is 11.5 Å². The van der Waals surface area contributed by atoms with Crippen molar-refractivity contribution in [3.8, 4) is 11.5 Å². The van der Waals surface area contributed by atoms with Gasteiger partial charge in [0, 0.05) is 12.1 Å². The standard InChI is InChI=1S/C11H17NO2.C9H13N/c1-8(12)6-9-4-5-10(13-2)11(7-9)14-3;1-8(10-2)9-6-4-3-5-7-9/h4-5,7-8H,6,12H2,1-3H3;3-8,10H,1-2H3/t2*8-/m00/s1. The van der Waals surface area contributed by atoms with Crippen molar-refractivity contribution < 1.29 is 9.47 Å². The quantitative estimate of drug-likeness (QED) is 0.850. The average Bonchev–Trinajstić information content (AvgIpc) is 2.61. The molecule has 0 radical (unpaired) electrons. The van der Waals surface area contributed by atoms with Crippen molar-refractivity contribution in [2.45, 2.75) is 32.4 Å². The molecule has 0 aromatic heterocycles. The predicted octanol–water partition coefficient (Wildman–Crippen LogP) is 3.56. The van der Waals surface area contributed by atoms with Crippen LogP contribution in [0.3, 0.4) is 0 Å². The lowest BCUT2D eigenvalue weighted by Crippen LogP contribution is -2.17. The Balaban J connectivity index is 0.000000254. The van der Waals surface area contributed by atoms with Crippen LogP contribution in [0.15, 0.2) is 48.5 Å². The van der Waals surface area contributed by atoms with E-state index in [2.05, 4.69) is 36.5 Å². The largest absolute Gasteiger partial charge is 0.493 e. The second-order valence-electron chi connectivity index (χ2n) is 5.79. The fourth-order valence-electron chi connectivity index (χ4n) is 2.29. The molecule has 0 bridgehead atoms. The van der Waals surface area contributed by atoms with Gasteiger partial charge in [0.1, 0.15) is 0 Å². The molecule has 132 valence electrons. The highest BCUT2D eigenvalue weighted by molar-refractivity contribution is 5.43. The van der Waals surface area contributed by atoms with E-state index in [1.807, 2.05) is 38.2 Å². The number of nitrogens with two attached hydrogens (primary N) is 1. The molecule has 0 saturated heterocycles. The first-order valence-electron chi connectivity index (χ1n) is 8.20. The number of methoxy groups -OCH3 is 2. The lowest BCUT2D eigenvalue weighted by molar-refractivity contribution is 0.354. The van der Waals surface area contributed by atoms with E-state index in [1.54, 1.807) is 14.2 Å². The number of hydrogen-bond donors (Lipinski definition) is 2. The number of hydrogen-bond acceptors (Lipinski definition) is 4. The number of benzene rings is 2. The maximum Gasteiger partial charge on any atom is 0.160 e. The molecule has 0 saturated carbocycles. The molecule has 0 heterocycles. The Morgan fingerprint density at radius 3 is 2.08 bits per heavy atom. The van der Waals surface area contributed by atoms with Crippen LogP contribution < -0.4 is 20.5 Å². The second kappa shape index (κ2) is 10.7. The highest BCUT2D eigenvalue weighted by Gasteiger charge is 2.05. The summed E-state index contributed by atoms with van der Waals surface area (Å²) in [7, 11) is 5.23. The summed E-state index contributed by atoms with van der Waals surface area (Å²) in [4.78, 5) is 0.